The van der Waals surface area contributed by atoms with Crippen LogP contribution in [0, 0.1) is 11.8 Å². The summed E-state index contributed by atoms with van der Waals surface area (Å²) in [6, 6.07) is 19.8. The minimum absolute atomic E-state index is 0.645. The molecule has 0 aromatic heterocycles. The van der Waals surface area contributed by atoms with E-state index in [1.165, 1.54) is 29.8 Å². The summed E-state index contributed by atoms with van der Waals surface area (Å²) in [5, 5.41) is 0. The minimum atomic E-state index is 0.645. The van der Waals surface area contributed by atoms with Gasteiger partial charge >= 0.3 is 0 Å². The lowest BCUT2D eigenvalue weighted by atomic mass is 9.79. The number of likely N-dealkylation sites (N-methyl/N-ethyl adjacent to an activating group) is 1. The molecule has 0 aliphatic carbocycles. The number of likely N-dealkylation sites (tertiary alicyclic amines) is 1. The maximum absolute atomic E-state index is 2.48. The Kier molecular flexibility index (Phi) is 4.12. The van der Waals surface area contributed by atoms with Gasteiger partial charge in [-0.15, -0.1) is 0 Å². The van der Waals surface area contributed by atoms with E-state index < -0.39 is 0 Å². The third kappa shape index (κ3) is 2.89. The maximum atomic E-state index is 2.48. The van der Waals surface area contributed by atoms with Crippen LogP contribution >= 0.6 is 0 Å². The predicted octanol–water partition coefficient (Wildman–Crippen LogP) is 4.65. The molecule has 1 nitrogen and oxygen atoms in total. The number of rotatable bonds is 3. The van der Waals surface area contributed by atoms with Crippen LogP contribution in [-0.2, 0) is 0 Å². The van der Waals surface area contributed by atoms with Crippen molar-refractivity contribution in [2.75, 3.05) is 20.1 Å². The van der Waals surface area contributed by atoms with E-state index in [1.54, 1.807) is 0 Å². The molecule has 2 aromatic rings. The Bertz CT molecular complexity index is 588. The van der Waals surface area contributed by atoms with E-state index >= 15 is 0 Å². The average Bonchev–Trinajstić information content (AvgIpc) is 2.90. The lowest BCUT2D eigenvalue weighted by Gasteiger charge is -2.24. The summed E-state index contributed by atoms with van der Waals surface area (Å²) in [5.41, 5.74) is 4.26. The first kappa shape index (κ1) is 14.3. The zero-order chi connectivity index (χ0) is 14.8. The number of hydrogen-bond acceptors (Lipinski definition) is 1. The van der Waals surface area contributed by atoms with Crippen molar-refractivity contribution in [2.24, 2.45) is 11.8 Å². The van der Waals surface area contributed by atoms with Gasteiger partial charge in [0, 0.05) is 19.0 Å². The van der Waals surface area contributed by atoms with Gasteiger partial charge < -0.3 is 4.90 Å². The summed E-state index contributed by atoms with van der Waals surface area (Å²) in [4.78, 5) is 2.48. The monoisotopic (exact) mass is 279 g/mol. The van der Waals surface area contributed by atoms with Gasteiger partial charge in [0.1, 0.15) is 0 Å². The molecule has 0 radical (unpaired) electrons. The Hall–Kier alpha value is -1.60. The molecule has 1 fully saturated rings. The topological polar surface area (TPSA) is 3.24 Å². The number of nitrogens with zero attached hydrogens (tertiary/aromatic N) is 1. The molecular weight excluding hydrogens is 254 g/mol. The molecule has 1 heterocycles. The first-order chi connectivity index (χ1) is 10.2. The molecule has 2 atom stereocenters. The molecule has 3 rings (SSSR count). The van der Waals surface area contributed by atoms with Crippen LogP contribution in [-0.4, -0.2) is 25.0 Å². The third-order valence-corrected chi connectivity index (χ3v) is 4.85. The first-order valence-corrected chi connectivity index (χ1v) is 7.99. The van der Waals surface area contributed by atoms with E-state index in [0.29, 0.717) is 5.92 Å². The molecule has 0 N–H and O–H groups in total. The van der Waals surface area contributed by atoms with Gasteiger partial charge in [-0.1, -0.05) is 68.4 Å². The zero-order valence-corrected chi connectivity index (χ0v) is 13.3. The molecule has 0 amide bonds. The van der Waals surface area contributed by atoms with Crippen molar-refractivity contribution in [1.29, 1.82) is 0 Å². The molecule has 2 unspecified atom stereocenters. The van der Waals surface area contributed by atoms with Crippen LogP contribution in [0.4, 0.5) is 0 Å². The molecule has 1 heteroatoms. The zero-order valence-electron chi connectivity index (χ0n) is 13.3. The molecule has 0 spiro atoms. The first-order valence-electron chi connectivity index (χ1n) is 7.99. The van der Waals surface area contributed by atoms with Gasteiger partial charge in [-0.3, -0.25) is 0 Å². The Morgan fingerprint density at radius 2 is 1.57 bits per heavy atom. The summed E-state index contributed by atoms with van der Waals surface area (Å²) >= 11 is 0. The van der Waals surface area contributed by atoms with E-state index in [1.807, 2.05) is 0 Å². The fourth-order valence-corrected chi connectivity index (χ4v) is 3.74. The molecule has 0 bridgehead atoms. The smallest absolute Gasteiger partial charge is 0.00508 e. The highest BCUT2D eigenvalue weighted by molar-refractivity contribution is 5.68. The fourth-order valence-electron chi connectivity index (χ4n) is 3.74. The quantitative estimate of drug-likeness (QED) is 0.790. The Morgan fingerprint density at radius 3 is 2.29 bits per heavy atom. The van der Waals surface area contributed by atoms with Crippen molar-refractivity contribution >= 4 is 0 Å². The van der Waals surface area contributed by atoms with Crippen molar-refractivity contribution in [1.82, 2.24) is 4.90 Å². The lowest BCUT2D eigenvalue weighted by Crippen LogP contribution is -2.18. The molecule has 1 aliphatic rings. The standard InChI is InChI=1S/C20H25N/c1-15(2)19-13-21(3)14-20(19)18-12-8-7-11-17(18)16-9-5-4-6-10-16/h4-12,15,19-20H,13-14H2,1-3H3. The fraction of sp³-hybridized carbons (Fsp3) is 0.400. The van der Waals surface area contributed by atoms with Crippen LogP contribution in [0.3, 0.4) is 0 Å². The van der Waals surface area contributed by atoms with Gasteiger partial charge in [-0.25, -0.2) is 0 Å². The highest BCUT2D eigenvalue weighted by Crippen LogP contribution is 2.40. The van der Waals surface area contributed by atoms with Crippen LogP contribution < -0.4 is 0 Å². The predicted molar refractivity (Wildman–Crippen MR) is 90.4 cm³/mol. The SMILES string of the molecule is CC(C)C1CN(C)CC1c1ccccc1-c1ccccc1. The van der Waals surface area contributed by atoms with Crippen molar-refractivity contribution in [2.45, 2.75) is 19.8 Å². The highest BCUT2D eigenvalue weighted by Gasteiger charge is 2.34. The van der Waals surface area contributed by atoms with Gasteiger partial charge in [0.15, 0.2) is 0 Å². The van der Waals surface area contributed by atoms with Gasteiger partial charge in [0.25, 0.3) is 0 Å². The molecule has 1 saturated heterocycles. The summed E-state index contributed by atoms with van der Waals surface area (Å²) in [5.74, 6) is 2.12. The second-order valence-corrected chi connectivity index (χ2v) is 6.69. The Labute approximate surface area is 128 Å². The summed E-state index contributed by atoms with van der Waals surface area (Å²) in [6.07, 6.45) is 0. The molecular formula is C20H25N. The van der Waals surface area contributed by atoms with Crippen LogP contribution in [0.1, 0.15) is 25.3 Å². The van der Waals surface area contributed by atoms with Crippen LogP contribution in [0.25, 0.3) is 11.1 Å². The van der Waals surface area contributed by atoms with Gasteiger partial charge in [0.05, 0.1) is 0 Å². The van der Waals surface area contributed by atoms with Crippen molar-refractivity contribution in [3.05, 3.63) is 60.2 Å². The third-order valence-electron chi connectivity index (χ3n) is 4.85. The van der Waals surface area contributed by atoms with E-state index in [2.05, 4.69) is 80.4 Å². The van der Waals surface area contributed by atoms with Crippen LogP contribution in [0.15, 0.2) is 54.6 Å². The minimum Gasteiger partial charge on any atom is -0.305 e. The van der Waals surface area contributed by atoms with Crippen LogP contribution in [0.5, 0.6) is 0 Å². The number of hydrogen-bond donors (Lipinski definition) is 0. The molecule has 110 valence electrons. The molecule has 0 saturated carbocycles. The van der Waals surface area contributed by atoms with Gasteiger partial charge in [-0.05, 0) is 35.6 Å². The van der Waals surface area contributed by atoms with Gasteiger partial charge in [0.2, 0.25) is 0 Å². The normalized spacial score (nSPS) is 22.9. The molecule has 1 aliphatic heterocycles. The lowest BCUT2D eigenvalue weighted by molar-refractivity contribution is 0.344. The van der Waals surface area contributed by atoms with Crippen LogP contribution in [0.2, 0.25) is 0 Å². The summed E-state index contributed by atoms with van der Waals surface area (Å²) in [6.45, 7) is 7.11. The Morgan fingerprint density at radius 1 is 0.905 bits per heavy atom. The largest absolute Gasteiger partial charge is 0.305 e. The van der Waals surface area contributed by atoms with Gasteiger partial charge in [-0.2, -0.15) is 0 Å². The second kappa shape index (κ2) is 6.03. The second-order valence-electron chi connectivity index (χ2n) is 6.69. The summed E-state index contributed by atoms with van der Waals surface area (Å²) < 4.78 is 0. The van der Waals surface area contributed by atoms with E-state index in [9.17, 15) is 0 Å². The van der Waals surface area contributed by atoms with E-state index in [-0.39, 0.29) is 0 Å². The average molecular weight is 279 g/mol. The van der Waals surface area contributed by atoms with Crippen molar-refractivity contribution in [3.63, 3.8) is 0 Å². The number of benzene rings is 2. The highest BCUT2D eigenvalue weighted by atomic mass is 15.1. The molecule has 2 aromatic carbocycles. The van der Waals surface area contributed by atoms with Crippen molar-refractivity contribution < 1.29 is 0 Å². The van der Waals surface area contributed by atoms with E-state index in [0.717, 1.165) is 11.8 Å². The maximum Gasteiger partial charge on any atom is 0.00508 e. The molecule has 21 heavy (non-hydrogen) atoms. The Balaban J connectivity index is 2.03. The summed E-state index contributed by atoms with van der Waals surface area (Å²) in [7, 11) is 2.25. The van der Waals surface area contributed by atoms with E-state index in [4.69, 9.17) is 0 Å². The van der Waals surface area contributed by atoms with Crippen molar-refractivity contribution in [3.8, 4) is 11.1 Å².